The number of aromatic amines is 1. The van der Waals surface area contributed by atoms with E-state index in [9.17, 15) is 8.42 Å². The Kier molecular flexibility index (Phi) is 3.53. The predicted molar refractivity (Wildman–Crippen MR) is 66.1 cm³/mol. The highest BCUT2D eigenvalue weighted by atomic mass is 32.2. The first-order valence-electron chi connectivity index (χ1n) is 5.92. The highest BCUT2D eigenvalue weighted by Crippen LogP contribution is 2.34. The number of nitrogens with one attached hydrogen (secondary N) is 1. The Morgan fingerprint density at radius 3 is 2.88 bits per heavy atom. The number of sulfone groups is 1. The number of nitrogens with zero attached hydrogens (tertiary/aromatic N) is 1. The summed E-state index contributed by atoms with van der Waals surface area (Å²) in [6.07, 6.45) is 8.06. The Hall–Kier alpha value is -0.880. The Morgan fingerprint density at radius 2 is 2.29 bits per heavy atom. The van der Waals surface area contributed by atoms with E-state index in [1.54, 1.807) is 12.4 Å². The Morgan fingerprint density at radius 1 is 1.53 bits per heavy atom. The summed E-state index contributed by atoms with van der Waals surface area (Å²) in [5.41, 5.74) is 6.13. The minimum atomic E-state index is -2.95. The van der Waals surface area contributed by atoms with E-state index in [1.807, 2.05) is 0 Å². The molecule has 0 amide bonds. The Balaban J connectivity index is 2.07. The number of imidazole rings is 1. The van der Waals surface area contributed by atoms with E-state index in [-0.39, 0.29) is 17.2 Å². The summed E-state index contributed by atoms with van der Waals surface area (Å²) in [4.78, 5) is 7.15. The molecule has 1 aromatic rings. The molecule has 3 N–H and O–H groups in total. The first-order chi connectivity index (χ1) is 7.98. The van der Waals surface area contributed by atoms with Gasteiger partial charge >= 0.3 is 0 Å². The second-order valence-corrected chi connectivity index (χ2v) is 7.20. The van der Waals surface area contributed by atoms with E-state index in [0.29, 0.717) is 6.42 Å². The quantitative estimate of drug-likeness (QED) is 0.846. The van der Waals surface area contributed by atoms with Gasteiger partial charge in [-0.3, -0.25) is 0 Å². The van der Waals surface area contributed by atoms with Gasteiger partial charge < -0.3 is 10.7 Å². The average Bonchev–Trinajstić information content (AvgIpc) is 2.80. The van der Waals surface area contributed by atoms with E-state index in [2.05, 4.69) is 9.97 Å². The molecule has 0 radical (unpaired) electrons. The first kappa shape index (κ1) is 12.6. The maximum absolute atomic E-state index is 11.6. The van der Waals surface area contributed by atoms with Crippen LogP contribution in [0.3, 0.4) is 0 Å². The van der Waals surface area contributed by atoms with Crippen LogP contribution in [0.25, 0.3) is 0 Å². The van der Waals surface area contributed by atoms with Crippen LogP contribution in [-0.2, 0) is 9.84 Å². The van der Waals surface area contributed by atoms with Crippen molar-refractivity contribution in [3.63, 3.8) is 0 Å². The van der Waals surface area contributed by atoms with Crippen molar-refractivity contribution in [3.8, 4) is 0 Å². The van der Waals surface area contributed by atoms with Gasteiger partial charge in [-0.1, -0.05) is 6.42 Å². The molecule has 1 saturated carbocycles. The van der Waals surface area contributed by atoms with Gasteiger partial charge in [0.2, 0.25) is 0 Å². The van der Waals surface area contributed by atoms with Crippen LogP contribution in [-0.4, -0.2) is 29.9 Å². The standard InChI is InChI=1S/C11H19N3O2S/c1-17(15,16)9-4-2-3-8(7-9)10(12)11-13-5-6-14-11/h5-6,8-10H,2-4,7,12H2,1H3,(H,13,14). The number of hydrogen-bond donors (Lipinski definition) is 2. The molecule has 0 bridgehead atoms. The molecule has 0 spiro atoms. The molecule has 3 unspecified atom stereocenters. The van der Waals surface area contributed by atoms with Crippen LogP contribution in [0.15, 0.2) is 12.4 Å². The van der Waals surface area contributed by atoms with Crippen molar-refractivity contribution in [2.75, 3.05) is 6.26 Å². The third kappa shape index (κ3) is 2.87. The molecule has 17 heavy (non-hydrogen) atoms. The van der Waals surface area contributed by atoms with Crippen molar-refractivity contribution in [1.82, 2.24) is 9.97 Å². The largest absolute Gasteiger partial charge is 0.347 e. The summed E-state index contributed by atoms with van der Waals surface area (Å²) in [6.45, 7) is 0. The zero-order valence-corrected chi connectivity index (χ0v) is 10.8. The van der Waals surface area contributed by atoms with Crippen LogP contribution in [0.5, 0.6) is 0 Å². The topological polar surface area (TPSA) is 88.8 Å². The lowest BCUT2D eigenvalue weighted by Crippen LogP contribution is -2.33. The van der Waals surface area contributed by atoms with Crippen molar-refractivity contribution in [2.45, 2.75) is 37.0 Å². The number of nitrogens with two attached hydrogens (primary N) is 1. The zero-order chi connectivity index (χ0) is 12.5. The van der Waals surface area contributed by atoms with Gasteiger partial charge in [0.1, 0.15) is 15.7 Å². The minimum absolute atomic E-state index is 0.186. The summed E-state index contributed by atoms with van der Waals surface area (Å²) in [5.74, 6) is 0.957. The Bertz CT molecular complexity index is 455. The van der Waals surface area contributed by atoms with E-state index in [0.717, 1.165) is 25.1 Å². The highest BCUT2D eigenvalue weighted by Gasteiger charge is 2.32. The lowest BCUT2D eigenvalue weighted by molar-refractivity contribution is 0.302. The first-order valence-corrected chi connectivity index (χ1v) is 7.87. The third-order valence-corrected chi connectivity index (χ3v) is 5.25. The molecule has 2 rings (SSSR count). The van der Waals surface area contributed by atoms with Crippen molar-refractivity contribution in [2.24, 2.45) is 11.7 Å². The lowest BCUT2D eigenvalue weighted by atomic mass is 9.83. The van der Waals surface area contributed by atoms with Gasteiger partial charge in [0, 0.05) is 18.6 Å². The van der Waals surface area contributed by atoms with Crippen molar-refractivity contribution < 1.29 is 8.42 Å². The number of hydrogen-bond acceptors (Lipinski definition) is 4. The smallest absolute Gasteiger partial charge is 0.150 e. The summed E-state index contributed by atoms with van der Waals surface area (Å²) in [6, 6.07) is -0.186. The molecule has 1 fully saturated rings. The molecule has 0 aromatic carbocycles. The van der Waals surface area contributed by atoms with Gasteiger partial charge in [0.15, 0.2) is 0 Å². The molecular weight excluding hydrogens is 238 g/mol. The molecule has 1 aromatic heterocycles. The summed E-state index contributed by atoms with van der Waals surface area (Å²) >= 11 is 0. The van der Waals surface area contributed by atoms with E-state index in [4.69, 9.17) is 5.73 Å². The van der Waals surface area contributed by atoms with Crippen LogP contribution in [0.4, 0.5) is 0 Å². The predicted octanol–water partition coefficient (Wildman–Crippen LogP) is 1.01. The normalized spacial score (nSPS) is 27.9. The fraction of sp³-hybridized carbons (Fsp3) is 0.727. The molecule has 0 aliphatic heterocycles. The van der Waals surface area contributed by atoms with Gasteiger partial charge in [0.05, 0.1) is 11.3 Å². The average molecular weight is 257 g/mol. The second kappa shape index (κ2) is 4.78. The van der Waals surface area contributed by atoms with Gasteiger partial charge in [-0.25, -0.2) is 13.4 Å². The lowest BCUT2D eigenvalue weighted by Gasteiger charge is -2.31. The monoisotopic (exact) mass is 257 g/mol. The molecule has 3 atom stereocenters. The SMILES string of the molecule is CS(=O)(=O)C1CCCC(C(N)c2ncc[nH]2)C1. The summed E-state index contributed by atoms with van der Waals surface area (Å²) in [7, 11) is -2.95. The van der Waals surface area contributed by atoms with Gasteiger partial charge in [-0.05, 0) is 25.2 Å². The molecule has 96 valence electrons. The van der Waals surface area contributed by atoms with Crippen molar-refractivity contribution >= 4 is 9.84 Å². The molecule has 0 saturated heterocycles. The second-order valence-electron chi connectivity index (χ2n) is 4.88. The van der Waals surface area contributed by atoms with Crippen LogP contribution in [0.1, 0.15) is 37.5 Å². The number of aromatic nitrogens is 2. The highest BCUT2D eigenvalue weighted by molar-refractivity contribution is 7.91. The van der Waals surface area contributed by atoms with Crippen LogP contribution in [0, 0.1) is 5.92 Å². The van der Waals surface area contributed by atoms with E-state index < -0.39 is 9.84 Å². The number of H-pyrrole nitrogens is 1. The van der Waals surface area contributed by atoms with Gasteiger partial charge in [-0.2, -0.15) is 0 Å². The number of rotatable bonds is 3. The fourth-order valence-corrected chi connectivity index (χ4v) is 3.77. The molecule has 1 aliphatic carbocycles. The maximum Gasteiger partial charge on any atom is 0.150 e. The Labute approximate surface area is 102 Å². The van der Waals surface area contributed by atoms with E-state index >= 15 is 0 Å². The maximum atomic E-state index is 11.6. The molecule has 5 nitrogen and oxygen atoms in total. The zero-order valence-electron chi connectivity index (χ0n) is 9.96. The molecule has 1 aliphatic rings. The molecule has 1 heterocycles. The fourth-order valence-electron chi connectivity index (χ4n) is 2.58. The van der Waals surface area contributed by atoms with Crippen LogP contribution < -0.4 is 5.73 Å². The summed E-state index contributed by atoms with van der Waals surface area (Å²) in [5, 5.41) is -0.234. The molecule has 6 heteroatoms. The van der Waals surface area contributed by atoms with Gasteiger partial charge in [-0.15, -0.1) is 0 Å². The van der Waals surface area contributed by atoms with Crippen LogP contribution >= 0.6 is 0 Å². The van der Waals surface area contributed by atoms with Crippen molar-refractivity contribution in [3.05, 3.63) is 18.2 Å². The third-order valence-electron chi connectivity index (χ3n) is 3.62. The minimum Gasteiger partial charge on any atom is -0.347 e. The molecular formula is C11H19N3O2S. The van der Waals surface area contributed by atoms with Crippen LogP contribution in [0.2, 0.25) is 0 Å². The van der Waals surface area contributed by atoms with E-state index in [1.165, 1.54) is 6.26 Å². The van der Waals surface area contributed by atoms with Gasteiger partial charge in [0.25, 0.3) is 0 Å². The van der Waals surface area contributed by atoms with Crippen molar-refractivity contribution in [1.29, 1.82) is 0 Å². The summed E-state index contributed by atoms with van der Waals surface area (Å²) < 4.78 is 23.2.